The number of carbonyl (C=O) groups excluding carboxylic acids is 2. The zero-order chi connectivity index (χ0) is 14.9. The molecule has 1 aliphatic rings. The lowest BCUT2D eigenvalue weighted by atomic mass is 9.92. The molecule has 0 bridgehead atoms. The monoisotopic (exact) mass is 275 g/mol. The number of benzene rings is 1. The molecule has 1 unspecified atom stereocenters. The van der Waals surface area contributed by atoms with Gasteiger partial charge in [-0.2, -0.15) is 0 Å². The van der Waals surface area contributed by atoms with Crippen LogP contribution in [0.1, 0.15) is 12.5 Å². The second kappa shape index (κ2) is 4.76. The molecule has 0 aliphatic carbocycles. The molecule has 3 amide bonds. The lowest BCUT2D eigenvalue weighted by molar-refractivity contribution is -0.384. The molecule has 1 heterocycles. The van der Waals surface area contributed by atoms with Gasteiger partial charge >= 0.3 is 6.03 Å². The van der Waals surface area contributed by atoms with E-state index in [0.717, 1.165) is 4.90 Å². The standard InChI is InChI=1S/C13H13N3O4/c1-3-8-15-11(17)13(2,14-12(15)18)9-4-6-10(7-5-9)16(19)20/h3-7H,1,8H2,2H3,(H,14,18). The highest BCUT2D eigenvalue weighted by Crippen LogP contribution is 2.29. The van der Waals surface area contributed by atoms with Gasteiger partial charge < -0.3 is 5.32 Å². The van der Waals surface area contributed by atoms with Gasteiger partial charge in [-0.15, -0.1) is 6.58 Å². The summed E-state index contributed by atoms with van der Waals surface area (Å²) < 4.78 is 0. The Morgan fingerprint density at radius 2 is 2.00 bits per heavy atom. The third-order valence-corrected chi connectivity index (χ3v) is 3.24. The van der Waals surface area contributed by atoms with Crippen molar-refractivity contribution in [1.29, 1.82) is 0 Å². The van der Waals surface area contributed by atoms with Crippen LogP contribution in [0, 0.1) is 10.1 Å². The summed E-state index contributed by atoms with van der Waals surface area (Å²) in [6.07, 6.45) is 1.46. The number of nitro groups is 1. The number of imide groups is 1. The predicted octanol–water partition coefficient (Wildman–Crippen LogP) is 1.55. The summed E-state index contributed by atoms with van der Waals surface area (Å²) in [5.74, 6) is -0.406. The number of rotatable bonds is 4. The van der Waals surface area contributed by atoms with Gasteiger partial charge in [-0.05, 0) is 24.6 Å². The average Bonchev–Trinajstić information content (AvgIpc) is 2.64. The van der Waals surface area contributed by atoms with Crippen molar-refractivity contribution in [3.8, 4) is 0 Å². The fraction of sp³-hybridized carbons (Fsp3) is 0.231. The van der Waals surface area contributed by atoms with E-state index in [1.54, 1.807) is 6.92 Å². The number of nitrogens with zero attached hydrogens (tertiary/aromatic N) is 2. The van der Waals surface area contributed by atoms with Crippen molar-refractivity contribution in [1.82, 2.24) is 10.2 Å². The number of urea groups is 1. The van der Waals surface area contributed by atoms with Crippen molar-refractivity contribution < 1.29 is 14.5 Å². The molecule has 2 rings (SSSR count). The number of hydrogen-bond acceptors (Lipinski definition) is 4. The number of carbonyl (C=O) groups is 2. The van der Waals surface area contributed by atoms with Crippen LogP contribution in [-0.2, 0) is 10.3 Å². The van der Waals surface area contributed by atoms with E-state index in [1.165, 1.54) is 30.3 Å². The molecule has 1 saturated heterocycles. The summed E-state index contributed by atoms with van der Waals surface area (Å²) in [4.78, 5) is 35.2. The minimum absolute atomic E-state index is 0.0722. The van der Waals surface area contributed by atoms with E-state index < -0.39 is 22.4 Å². The van der Waals surface area contributed by atoms with Gasteiger partial charge in [0.1, 0.15) is 5.54 Å². The molecule has 1 atom stereocenters. The number of non-ortho nitro benzene ring substituents is 1. The summed E-state index contributed by atoms with van der Waals surface area (Å²) in [6, 6.07) is 5.03. The van der Waals surface area contributed by atoms with Gasteiger partial charge in [0.2, 0.25) is 0 Å². The lowest BCUT2D eigenvalue weighted by Gasteiger charge is -2.21. The third kappa shape index (κ3) is 2.03. The van der Waals surface area contributed by atoms with Gasteiger partial charge in [-0.25, -0.2) is 4.79 Å². The van der Waals surface area contributed by atoms with Crippen LogP contribution in [0.5, 0.6) is 0 Å². The highest BCUT2D eigenvalue weighted by molar-refractivity contribution is 6.07. The predicted molar refractivity (Wildman–Crippen MR) is 70.9 cm³/mol. The quantitative estimate of drug-likeness (QED) is 0.390. The number of hydrogen-bond donors (Lipinski definition) is 1. The van der Waals surface area contributed by atoms with Gasteiger partial charge in [0.05, 0.1) is 4.92 Å². The second-order valence-electron chi connectivity index (χ2n) is 4.56. The van der Waals surface area contributed by atoms with Crippen LogP contribution in [0.15, 0.2) is 36.9 Å². The Morgan fingerprint density at radius 1 is 1.40 bits per heavy atom. The van der Waals surface area contributed by atoms with E-state index in [1.807, 2.05) is 0 Å². The highest BCUT2D eigenvalue weighted by Gasteiger charge is 2.48. The molecular weight excluding hydrogens is 262 g/mol. The number of amides is 3. The smallest absolute Gasteiger partial charge is 0.319 e. The molecule has 0 radical (unpaired) electrons. The van der Waals surface area contributed by atoms with Crippen LogP contribution in [-0.4, -0.2) is 28.3 Å². The first-order valence-electron chi connectivity index (χ1n) is 5.90. The van der Waals surface area contributed by atoms with E-state index in [4.69, 9.17) is 0 Å². The van der Waals surface area contributed by atoms with Crippen molar-refractivity contribution >= 4 is 17.6 Å². The average molecular weight is 275 g/mol. The molecule has 7 nitrogen and oxygen atoms in total. The number of nitro benzene ring substituents is 1. The molecule has 1 N–H and O–H groups in total. The summed E-state index contributed by atoms with van der Waals surface area (Å²) in [5.41, 5.74) is -0.792. The van der Waals surface area contributed by atoms with Crippen molar-refractivity contribution in [2.45, 2.75) is 12.5 Å². The fourth-order valence-electron chi connectivity index (χ4n) is 2.10. The van der Waals surface area contributed by atoms with E-state index in [9.17, 15) is 19.7 Å². The Kier molecular flexibility index (Phi) is 3.27. The Bertz CT molecular complexity index is 596. The van der Waals surface area contributed by atoms with Crippen molar-refractivity contribution in [3.63, 3.8) is 0 Å². The molecule has 0 saturated carbocycles. The first-order valence-corrected chi connectivity index (χ1v) is 5.90. The maximum Gasteiger partial charge on any atom is 0.325 e. The topological polar surface area (TPSA) is 92.6 Å². The van der Waals surface area contributed by atoms with Crippen LogP contribution >= 0.6 is 0 Å². The van der Waals surface area contributed by atoms with Gasteiger partial charge in [0.15, 0.2) is 0 Å². The number of nitrogens with one attached hydrogen (secondary N) is 1. The molecule has 0 spiro atoms. The zero-order valence-electron chi connectivity index (χ0n) is 10.8. The molecule has 1 aromatic carbocycles. The Labute approximate surface area is 115 Å². The van der Waals surface area contributed by atoms with Gasteiger partial charge in [0.25, 0.3) is 11.6 Å². The third-order valence-electron chi connectivity index (χ3n) is 3.24. The minimum Gasteiger partial charge on any atom is -0.319 e. The van der Waals surface area contributed by atoms with Crippen molar-refractivity contribution in [3.05, 3.63) is 52.6 Å². The molecule has 1 aliphatic heterocycles. The molecule has 1 fully saturated rings. The maximum absolute atomic E-state index is 12.3. The zero-order valence-corrected chi connectivity index (χ0v) is 10.8. The first kappa shape index (κ1) is 13.7. The van der Waals surface area contributed by atoms with Crippen LogP contribution in [0.3, 0.4) is 0 Å². The lowest BCUT2D eigenvalue weighted by Crippen LogP contribution is -2.40. The minimum atomic E-state index is -1.21. The molecule has 0 aromatic heterocycles. The largest absolute Gasteiger partial charge is 0.325 e. The molecule has 20 heavy (non-hydrogen) atoms. The Morgan fingerprint density at radius 3 is 2.50 bits per heavy atom. The summed E-state index contributed by atoms with van der Waals surface area (Å²) >= 11 is 0. The maximum atomic E-state index is 12.3. The molecule has 104 valence electrons. The second-order valence-corrected chi connectivity index (χ2v) is 4.56. The van der Waals surface area contributed by atoms with Crippen LogP contribution < -0.4 is 5.32 Å². The Hall–Kier alpha value is -2.70. The Balaban J connectivity index is 2.36. The van der Waals surface area contributed by atoms with Crippen LogP contribution in [0.2, 0.25) is 0 Å². The van der Waals surface area contributed by atoms with Crippen molar-refractivity contribution in [2.24, 2.45) is 0 Å². The fourth-order valence-corrected chi connectivity index (χ4v) is 2.10. The molecule has 1 aromatic rings. The van der Waals surface area contributed by atoms with Gasteiger partial charge in [-0.1, -0.05) is 6.08 Å². The summed E-state index contributed by atoms with van der Waals surface area (Å²) in [7, 11) is 0. The normalized spacial score (nSPS) is 21.8. The van der Waals surface area contributed by atoms with E-state index in [0.29, 0.717) is 5.56 Å². The van der Waals surface area contributed by atoms with E-state index >= 15 is 0 Å². The van der Waals surface area contributed by atoms with E-state index in [2.05, 4.69) is 11.9 Å². The SMILES string of the molecule is C=CCN1C(=O)NC(C)(c2ccc([N+](=O)[O-])cc2)C1=O. The van der Waals surface area contributed by atoms with Crippen LogP contribution in [0.4, 0.5) is 10.5 Å². The van der Waals surface area contributed by atoms with Crippen LogP contribution in [0.25, 0.3) is 0 Å². The molecule has 7 heteroatoms. The molecular formula is C13H13N3O4. The highest BCUT2D eigenvalue weighted by atomic mass is 16.6. The van der Waals surface area contributed by atoms with E-state index in [-0.39, 0.29) is 12.2 Å². The summed E-state index contributed by atoms with van der Waals surface area (Å²) in [5, 5.41) is 13.2. The van der Waals surface area contributed by atoms with Gasteiger partial charge in [0, 0.05) is 18.7 Å². The van der Waals surface area contributed by atoms with Gasteiger partial charge in [-0.3, -0.25) is 19.8 Å². The first-order chi connectivity index (χ1) is 9.40. The van der Waals surface area contributed by atoms with Crippen molar-refractivity contribution in [2.75, 3.05) is 6.54 Å². The summed E-state index contributed by atoms with van der Waals surface area (Å²) in [6.45, 7) is 5.18.